The zero-order valence-corrected chi connectivity index (χ0v) is 13.0. The van der Waals surface area contributed by atoms with Crippen LogP contribution in [0.4, 0.5) is 5.95 Å². The lowest BCUT2D eigenvalue weighted by atomic mass is 9.89. The molecule has 0 saturated heterocycles. The van der Waals surface area contributed by atoms with Gasteiger partial charge in [0.25, 0.3) is 0 Å². The lowest BCUT2D eigenvalue weighted by Gasteiger charge is -2.22. The van der Waals surface area contributed by atoms with Gasteiger partial charge in [0.05, 0.1) is 12.8 Å². The summed E-state index contributed by atoms with van der Waals surface area (Å²) in [5.74, 6) is 2.25. The van der Waals surface area contributed by atoms with E-state index in [-0.39, 0.29) is 0 Å². The molecule has 0 bridgehead atoms. The summed E-state index contributed by atoms with van der Waals surface area (Å²) < 4.78 is 5.48. The van der Waals surface area contributed by atoms with Gasteiger partial charge >= 0.3 is 0 Å². The van der Waals surface area contributed by atoms with Gasteiger partial charge in [0.15, 0.2) is 0 Å². The number of aromatic nitrogens is 2. The minimum Gasteiger partial charge on any atom is -0.481 e. The molecule has 2 aliphatic rings. The third-order valence-electron chi connectivity index (χ3n) is 4.61. The highest BCUT2D eigenvalue weighted by molar-refractivity contribution is 5.39. The second-order valence-electron chi connectivity index (χ2n) is 6.12. The van der Waals surface area contributed by atoms with Crippen molar-refractivity contribution in [3.8, 4) is 5.88 Å². The van der Waals surface area contributed by atoms with E-state index in [1.165, 1.54) is 37.7 Å². The summed E-state index contributed by atoms with van der Waals surface area (Å²) in [7, 11) is 1.70. The Morgan fingerprint density at radius 1 is 1.14 bits per heavy atom. The summed E-state index contributed by atoms with van der Waals surface area (Å²) in [6, 6.07) is 0. The minimum atomic E-state index is 0.734. The van der Waals surface area contributed by atoms with Crippen molar-refractivity contribution in [3.05, 3.63) is 11.3 Å². The minimum absolute atomic E-state index is 0.734. The Morgan fingerprint density at radius 2 is 1.95 bits per heavy atom. The van der Waals surface area contributed by atoms with E-state index < -0.39 is 0 Å². The van der Waals surface area contributed by atoms with E-state index in [0.717, 1.165) is 55.9 Å². The summed E-state index contributed by atoms with van der Waals surface area (Å²) >= 11 is 0. The lowest BCUT2D eigenvalue weighted by Crippen LogP contribution is -2.19. The first kappa shape index (κ1) is 14.6. The molecule has 3 rings (SSSR count). The van der Waals surface area contributed by atoms with Crippen molar-refractivity contribution in [3.63, 3.8) is 0 Å². The SMILES string of the molecule is COc1nc(NCC2CCCCC2)nc2c1CCNCC2. The van der Waals surface area contributed by atoms with Crippen LogP contribution in [-0.4, -0.2) is 36.7 Å². The highest BCUT2D eigenvalue weighted by atomic mass is 16.5. The van der Waals surface area contributed by atoms with Crippen LogP contribution in [0.1, 0.15) is 43.4 Å². The van der Waals surface area contributed by atoms with Gasteiger partial charge in [0.2, 0.25) is 11.8 Å². The molecule has 1 fully saturated rings. The Bertz CT molecular complexity index is 472. The largest absolute Gasteiger partial charge is 0.481 e. The Kier molecular flexibility index (Phi) is 4.91. The number of fused-ring (bicyclic) bond motifs is 1. The zero-order chi connectivity index (χ0) is 14.5. The van der Waals surface area contributed by atoms with Crippen molar-refractivity contribution in [2.24, 2.45) is 5.92 Å². The molecule has 116 valence electrons. The number of hydrogen-bond donors (Lipinski definition) is 2. The highest BCUT2D eigenvalue weighted by Gasteiger charge is 2.18. The number of nitrogens with one attached hydrogen (secondary N) is 2. The van der Waals surface area contributed by atoms with Crippen molar-refractivity contribution in [1.82, 2.24) is 15.3 Å². The molecule has 1 aromatic rings. The molecule has 1 saturated carbocycles. The maximum Gasteiger partial charge on any atom is 0.226 e. The number of rotatable bonds is 4. The normalized spacial score (nSPS) is 19.7. The van der Waals surface area contributed by atoms with Crippen LogP contribution in [-0.2, 0) is 12.8 Å². The first-order valence-corrected chi connectivity index (χ1v) is 8.25. The predicted octanol–water partition coefficient (Wildman–Crippen LogP) is 2.17. The fourth-order valence-corrected chi connectivity index (χ4v) is 3.39. The van der Waals surface area contributed by atoms with Crippen LogP contribution in [0, 0.1) is 5.92 Å². The number of hydrogen-bond acceptors (Lipinski definition) is 5. The summed E-state index contributed by atoms with van der Waals surface area (Å²) in [5, 5.41) is 6.84. The molecule has 0 spiro atoms. The smallest absolute Gasteiger partial charge is 0.226 e. The van der Waals surface area contributed by atoms with Crippen LogP contribution in [0.3, 0.4) is 0 Å². The van der Waals surface area contributed by atoms with Crippen LogP contribution >= 0.6 is 0 Å². The lowest BCUT2D eigenvalue weighted by molar-refractivity contribution is 0.371. The highest BCUT2D eigenvalue weighted by Crippen LogP contribution is 2.25. The molecule has 0 radical (unpaired) electrons. The van der Waals surface area contributed by atoms with Crippen molar-refractivity contribution in [1.29, 1.82) is 0 Å². The van der Waals surface area contributed by atoms with Crippen molar-refractivity contribution in [2.75, 3.05) is 32.1 Å². The summed E-state index contributed by atoms with van der Waals surface area (Å²) in [6.45, 7) is 2.94. The van der Waals surface area contributed by atoms with Gasteiger partial charge in [-0.3, -0.25) is 0 Å². The fourth-order valence-electron chi connectivity index (χ4n) is 3.39. The molecule has 21 heavy (non-hydrogen) atoms. The van der Waals surface area contributed by atoms with E-state index in [0.29, 0.717) is 0 Å². The van der Waals surface area contributed by atoms with E-state index in [2.05, 4.69) is 15.6 Å². The average Bonchev–Trinajstić information content (AvgIpc) is 2.78. The Balaban J connectivity index is 1.71. The summed E-state index contributed by atoms with van der Waals surface area (Å²) in [5.41, 5.74) is 2.31. The van der Waals surface area contributed by atoms with Gasteiger partial charge in [-0.25, -0.2) is 4.98 Å². The summed E-state index contributed by atoms with van der Waals surface area (Å²) in [4.78, 5) is 9.28. The monoisotopic (exact) mass is 290 g/mol. The molecule has 2 heterocycles. The third kappa shape index (κ3) is 3.64. The van der Waals surface area contributed by atoms with Crippen molar-refractivity contribution >= 4 is 5.95 Å². The fraction of sp³-hybridized carbons (Fsp3) is 0.750. The molecule has 5 heteroatoms. The van der Waals surface area contributed by atoms with Crippen LogP contribution in [0.5, 0.6) is 5.88 Å². The van der Waals surface area contributed by atoms with Gasteiger partial charge in [0, 0.05) is 25.1 Å². The van der Waals surface area contributed by atoms with Gasteiger partial charge in [-0.2, -0.15) is 4.98 Å². The van der Waals surface area contributed by atoms with Crippen LogP contribution < -0.4 is 15.4 Å². The van der Waals surface area contributed by atoms with E-state index in [1.807, 2.05) is 0 Å². The molecule has 1 aliphatic heterocycles. The number of nitrogens with zero attached hydrogens (tertiary/aromatic N) is 2. The first-order chi connectivity index (χ1) is 10.4. The van der Waals surface area contributed by atoms with Gasteiger partial charge < -0.3 is 15.4 Å². The molecule has 0 atom stereocenters. The number of ether oxygens (including phenoxy) is 1. The quantitative estimate of drug-likeness (QED) is 0.890. The molecule has 5 nitrogen and oxygen atoms in total. The molecule has 0 unspecified atom stereocenters. The van der Waals surface area contributed by atoms with E-state index in [4.69, 9.17) is 9.72 Å². The molecule has 2 N–H and O–H groups in total. The second-order valence-corrected chi connectivity index (χ2v) is 6.12. The third-order valence-corrected chi connectivity index (χ3v) is 4.61. The van der Waals surface area contributed by atoms with E-state index >= 15 is 0 Å². The van der Waals surface area contributed by atoms with Gasteiger partial charge in [0.1, 0.15) is 0 Å². The molecule has 0 aromatic carbocycles. The van der Waals surface area contributed by atoms with Gasteiger partial charge in [-0.05, 0) is 31.7 Å². The van der Waals surface area contributed by atoms with Crippen LogP contribution in [0.25, 0.3) is 0 Å². The van der Waals surface area contributed by atoms with Gasteiger partial charge in [-0.15, -0.1) is 0 Å². The second kappa shape index (κ2) is 7.07. The maximum atomic E-state index is 5.48. The van der Waals surface area contributed by atoms with Crippen molar-refractivity contribution < 1.29 is 4.74 Å². The Hall–Kier alpha value is -1.36. The van der Waals surface area contributed by atoms with Crippen LogP contribution in [0.2, 0.25) is 0 Å². The van der Waals surface area contributed by atoms with Crippen LogP contribution in [0.15, 0.2) is 0 Å². The predicted molar refractivity (Wildman–Crippen MR) is 83.9 cm³/mol. The topological polar surface area (TPSA) is 59.1 Å². The zero-order valence-electron chi connectivity index (χ0n) is 13.0. The van der Waals surface area contributed by atoms with Gasteiger partial charge in [-0.1, -0.05) is 19.3 Å². The maximum absolute atomic E-state index is 5.48. The first-order valence-electron chi connectivity index (χ1n) is 8.25. The summed E-state index contributed by atoms with van der Waals surface area (Å²) in [6.07, 6.45) is 8.69. The number of methoxy groups -OCH3 is 1. The number of anilines is 1. The average molecular weight is 290 g/mol. The molecule has 1 aliphatic carbocycles. The molecular weight excluding hydrogens is 264 g/mol. The van der Waals surface area contributed by atoms with E-state index in [9.17, 15) is 0 Å². The molecule has 1 aromatic heterocycles. The Labute approximate surface area is 126 Å². The van der Waals surface area contributed by atoms with E-state index in [1.54, 1.807) is 7.11 Å². The van der Waals surface area contributed by atoms with Crippen molar-refractivity contribution in [2.45, 2.75) is 44.9 Å². The molecule has 0 amide bonds. The Morgan fingerprint density at radius 3 is 2.76 bits per heavy atom. The standard InChI is InChI=1S/C16H26N4O/c1-21-15-13-7-9-17-10-8-14(13)19-16(20-15)18-11-12-5-3-2-4-6-12/h12,17H,2-11H2,1H3,(H,18,19,20). The molecular formula is C16H26N4O.